The Kier molecular flexibility index (Phi) is 5.44. The zero-order chi connectivity index (χ0) is 24.0. The molecule has 0 saturated heterocycles. The van der Waals surface area contributed by atoms with Gasteiger partial charge in [-0.1, -0.05) is 0 Å². The summed E-state index contributed by atoms with van der Waals surface area (Å²) in [6.07, 6.45) is -4.59. The zero-order valence-electron chi connectivity index (χ0n) is 16.9. The summed E-state index contributed by atoms with van der Waals surface area (Å²) >= 11 is 0. The van der Waals surface area contributed by atoms with E-state index in [0.717, 1.165) is 12.1 Å². The van der Waals surface area contributed by atoms with E-state index in [1.165, 1.54) is 47.0 Å². The molecule has 0 saturated carbocycles. The molecule has 0 amide bonds. The minimum absolute atomic E-state index is 0.0239. The first-order valence-electron chi connectivity index (χ1n) is 9.45. The molecule has 6 nitrogen and oxygen atoms in total. The number of anilines is 1. The second-order valence-corrected chi connectivity index (χ2v) is 8.82. The van der Waals surface area contributed by atoms with Crippen molar-refractivity contribution in [1.82, 2.24) is 9.55 Å². The Balaban J connectivity index is 1.73. The van der Waals surface area contributed by atoms with Gasteiger partial charge in [0.25, 0.3) is 15.6 Å². The first-order valence-corrected chi connectivity index (χ1v) is 10.9. The lowest BCUT2D eigenvalue weighted by Gasteiger charge is -2.13. The number of hydrogen-bond acceptors (Lipinski definition) is 4. The Morgan fingerprint density at radius 1 is 0.939 bits per heavy atom. The summed E-state index contributed by atoms with van der Waals surface area (Å²) in [7, 11) is -4.22. The largest absolute Gasteiger partial charge is 0.416 e. The van der Waals surface area contributed by atoms with Crippen LogP contribution >= 0.6 is 0 Å². The molecular formula is C22H15F4N3O3S. The highest BCUT2D eigenvalue weighted by Crippen LogP contribution is 2.30. The Morgan fingerprint density at radius 2 is 1.58 bits per heavy atom. The standard InChI is InChI=1S/C22H15F4N3O3S/c1-13-27-20-11-6-16(12-19(20)21(30)29(13)17-7-4-15(23)5-8-17)28-33(31,32)18-9-2-14(3-10-18)22(24,25)26/h2-12,28H,1H3. The third-order valence-electron chi connectivity index (χ3n) is 4.86. The molecule has 3 aromatic carbocycles. The van der Waals surface area contributed by atoms with Crippen LogP contribution in [0.15, 0.2) is 76.4 Å². The molecular weight excluding hydrogens is 462 g/mol. The highest BCUT2D eigenvalue weighted by Gasteiger charge is 2.30. The summed E-state index contributed by atoms with van der Waals surface area (Å²) in [5, 5.41) is 0.0949. The lowest BCUT2D eigenvalue weighted by molar-refractivity contribution is -0.137. The van der Waals surface area contributed by atoms with Gasteiger partial charge in [0.2, 0.25) is 0 Å². The van der Waals surface area contributed by atoms with E-state index >= 15 is 0 Å². The van der Waals surface area contributed by atoms with Crippen molar-refractivity contribution in [1.29, 1.82) is 0 Å². The number of hydrogen-bond donors (Lipinski definition) is 1. The molecule has 0 aliphatic heterocycles. The number of aryl methyl sites for hydroxylation is 1. The van der Waals surface area contributed by atoms with Crippen LogP contribution < -0.4 is 10.3 Å². The molecule has 11 heteroatoms. The van der Waals surface area contributed by atoms with E-state index in [2.05, 4.69) is 9.71 Å². The van der Waals surface area contributed by atoms with Gasteiger partial charge in [-0.05, 0) is 73.7 Å². The second kappa shape index (κ2) is 8.00. The van der Waals surface area contributed by atoms with Gasteiger partial charge in [0.1, 0.15) is 11.6 Å². The van der Waals surface area contributed by atoms with Gasteiger partial charge in [-0.3, -0.25) is 14.1 Å². The van der Waals surface area contributed by atoms with Gasteiger partial charge < -0.3 is 0 Å². The van der Waals surface area contributed by atoms with Crippen molar-refractivity contribution < 1.29 is 26.0 Å². The van der Waals surface area contributed by atoms with Gasteiger partial charge >= 0.3 is 6.18 Å². The van der Waals surface area contributed by atoms with E-state index in [1.54, 1.807) is 6.92 Å². The molecule has 0 atom stereocenters. The van der Waals surface area contributed by atoms with E-state index in [9.17, 15) is 30.8 Å². The number of fused-ring (bicyclic) bond motifs is 1. The smallest absolute Gasteiger partial charge is 0.280 e. The van der Waals surface area contributed by atoms with Crippen LogP contribution in [0, 0.1) is 12.7 Å². The van der Waals surface area contributed by atoms with Crippen molar-refractivity contribution in [3.05, 3.63) is 94.3 Å². The number of nitrogens with one attached hydrogen (secondary N) is 1. The predicted molar refractivity (Wildman–Crippen MR) is 114 cm³/mol. The Hall–Kier alpha value is -3.73. The summed E-state index contributed by atoms with van der Waals surface area (Å²) in [5.74, 6) is -0.129. The molecule has 33 heavy (non-hydrogen) atoms. The van der Waals surface area contributed by atoms with Gasteiger partial charge in [0, 0.05) is 5.69 Å². The maximum Gasteiger partial charge on any atom is 0.416 e. The number of sulfonamides is 1. The maximum atomic E-state index is 13.3. The van der Waals surface area contributed by atoms with Crippen LogP contribution in [0.2, 0.25) is 0 Å². The summed E-state index contributed by atoms with van der Waals surface area (Å²) in [6, 6.07) is 12.4. The number of rotatable bonds is 4. The van der Waals surface area contributed by atoms with Gasteiger partial charge in [0.15, 0.2) is 0 Å². The van der Waals surface area contributed by atoms with Gasteiger partial charge in [-0.15, -0.1) is 0 Å². The molecule has 0 aliphatic carbocycles. The monoisotopic (exact) mass is 477 g/mol. The number of aromatic nitrogens is 2. The van der Waals surface area contributed by atoms with E-state index in [4.69, 9.17) is 0 Å². The Morgan fingerprint density at radius 3 is 2.18 bits per heavy atom. The van der Waals surface area contributed by atoms with Crippen LogP contribution in [0.1, 0.15) is 11.4 Å². The van der Waals surface area contributed by atoms with Crippen molar-refractivity contribution in [3.8, 4) is 5.69 Å². The summed E-state index contributed by atoms with van der Waals surface area (Å²) in [6.45, 7) is 1.60. The number of benzene rings is 3. The lowest BCUT2D eigenvalue weighted by Crippen LogP contribution is -2.22. The first-order chi connectivity index (χ1) is 15.5. The summed E-state index contributed by atoms with van der Waals surface area (Å²) < 4.78 is 80.2. The minimum Gasteiger partial charge on any atom is -0.280 e. The van der Waals surface area contributed by atoms with Crippen LogP contribution in [0.25, 0.3) is 16.6 Å². The van der Waals surface area contributed by atoms with Crippen molar-refractivity contribution in [2.24, 2.45) is 0 Å². The molecule has 1 N–H and O–H groups in total. The topological polar surface area (TPSA) is 81.1 Å². The molecule has 0 spiro atoms. The van der Waals surface area contributed by atoms with Crippen LogP contribution in [0.5, 0.6) is 0 Å². The molecule has 1 aromatic heterocycles. The summed E-state index contributed by atoms with van der Waals surface area (Å²) in [5.41, 5.74) is -0.761. The number of alkyl halides is 3. The average Bonchev–Trinajstić information content (AvgIpc) is 2.75. The quantitative estimate of drug-likeness (QED) is 0.434. The van der Waals surface area contributed by atoms with Crippen LogP contribution in [0.4, 0.5) is 23.2 Å². The molecule has 4 aromatic rings. The van der Waals surface area contributed by atoms with Crippen molar-refractivity contribution in [3.63, 3.8) is 0 Å². The number of halogens is 4. The fourth-order valence-corrected chi connectivity index (χ4v) is 4.34. The van der Waals surface area contributed by atoms with E-state index < -0.39 is 33.1 Å². The molecule has 0 radical (unpaired) electrons. The molecule has 1 heterocycles. The highest BCUT2D eigenvalue weighted by atomic mass is 32.2. The van der Waals surface area contributed by atoms with E-state index in [0.29, 0.717) is 29.2 Å². The molecule has 0 bridgehead atoms. The third-order valence-corrected chi connectivity index (χ3v) is 6.26. The second-order valence-electron chi connectivity index (χ2n) is 7.14. The number of nitrogens with zero attached hydrogens (tertiary/aromatic N) is 2. The first kappa shape index (κ1) is 22.5. The average molecular weight is 477 g/mol. The van der Waals surface area contributed by atoms with Crippen molar-refractivity contribution >= 4 is 26.6 Å². The minimum atomic E-state index is -4.59. The van der Waals surface area contributed by atoms with Crippen LogP contribution in [-0.4, -0.2) is 18.0 Å². The molecule has 170 valence electrons. The Bertz CT molecular complexity index is 1510. The molecule has 0 unspecified atom stereocenters. The fourth-order valence-electron chi connectivity index (χ4n) is 3.29. The maximum absolute atomic E-state index is 13.3. The van der Waals surface area contributed by atoms with Gasteiger partial charge in [-0.25, -0.2) is 17.8 Å². The SMILES string of the molecule is Cc1nc2ccc(NS(=O)(=O)c3ccc(C(F)(F)F)cc3)cc2c(=O)n1-c1ccc(F)cc1. The lowest BCUT2D eigenvalue weighted by atomic mass is 10.2. The third kappa shape index (κ3) is 4.44. The van der Waals surface area contributed by atoms with Crippen molar-refractivity contribution in [2.45, 2.75) is 18.0 Å². The highest BCUT2D eigenvalue weighted by molar-refractivity contribution is 7.92. The predicted octanol–water partition coefficient (Wildman–Crippen LogP) is 4.65. The normalized spacial score (nSPS) is 12.2. The van der Waals surface area contributed by atoms with Crippen LogP contribution in [0.3, 0.4) is 0 Å². The van der Waals surface area contributed by atoms with E-state index in [-0.39, 0.29) is 16.0 Å². The van der Waals surface area contributed by atoms with Crippen LogP contribution in [-0.2, 0) is 16.2 Å². The van der Waals surface area contributed by atoms with Gasteiger partial charge in [0.05, 0.1) is 27.0 Å². The molecule has 0 aliphatic rings. The zero-order valence-corrected chi connectivity index (χ0v) is 17.7. The fraction of sp³-hybridized carbons (Fsp3) is 0.0909. The van der Waals surface area contributed by atoms with Crippen molar-refractivity contribution in [2.75, 3.05) is 4.72 Å². The molecule has 0 fully saturated rings. The van der Waals surface area contributed by atoms with Gasteiger partial charge in [-0.2, -0.15) is 13.2 Å². The molecule has 4 rings (SSSR count). The summed E-state index contributed by atoms with van der Waals surface area (Å²) in [4.78, 5) is 17.1. The Labute approximate surface area is 185 Å². The van der Waals surface area contributed by atoms with E-state index in [1.807, 2.05) is 0 Å².